The number of hydrogen-bond acceptors (Lipinski definition) is 5. The molecule has 0 saturated heterocycles. The zero-order valence-corrected chi connectivity index (χ0v) is 15.7. The highest BCUT2D eigenvalue weighted by Crippen LogP contribution is 2.16. The lowest BCUT2D eigenvalue weighted by atomic mass is 10.4. The molecule has 0 aliphatic rings. The summed E-state index contributed by atoms with van der Waals surface area (Å²) in [5.74, 6) is 0. The van der Waals surface area contributed by atoms with E-state index in [1.165, 1.54) is 0 Å². The van der Waals surface area contributed by atoms with Crippen LogP contribution in [0.3, 0.4) is 0 Å². The van der Waals surface area contributed by atoms with Gasteiger partial charge in [0.1, 0.15) is 0 Å². The molecule has 0 heterocycles. The Morgan fingerprint density at radius 2 is 1.29 bits per heavy atom. The second kappa shape index (κ2) is 13.7. The monoisotopic (exact) mass is 321 g/mol. The summed E-state index contributed by atoms with van der Waals surface area (Å²) in [5, 5.41) is 0. The van der Waals surface area contributed by atoms with Crippen LogP contribution in [0, 0.1) is 0 Å². The highest BCUT2D eigenvalue weighted by Gasteiger charge is 2.39. The maximum atomic E-state index is 5.80. The van der Waals surface area contributed by atoms with Gasteiger partial charge in [-0.05, 0) is 40.3 Å². The first kappa shape index (κ1) is 21.0. The van der Waals surface area contributed by atoms with Crippen LogP contribution in [0.1, 0.15) is 41.0 Å². The van der Waals surface area contributed by atoms with Crippen LogP contribution in [0.25, 0.3) is 0 Å². The predicted octanol–water partition coefficient (Wildman–Crippen LogP) is 2.78. The summed E-state index contributed by atoms with van der Waals surface area (Å²) in [6.45, 7) is 16.9. The maximum Gasteiger partial charge on any atom is 0.503 e. The molecule has 128 valence electrons. The molecule has 0 radical (unpaired) electrons. The van der Waals surface area contributed by atoms with E-state index in [0.717, 1.165) is 38.7 Å². The lowest BCUT2D eigenvalue weighted by molar-refractivity contribution is 0.0567. The highest BCUT2D eigenvalue weighted by atomic mass is 28.4. The van der Waals surface area contributed by atoms with Gasteiger partial charge in [-0.1, -0.05) is 13.8 Å². The second-order valence-electron chi connectivity index (χ2n) is 4.72. The van der Waals surface area contributed by atoms with Crippen LogP contribution in [-0.4, -0.2) is 66.4 Å². The highest BCUT2D eigenvalue weighted by molar-refractivity contribution is 6.60. The first-order chi connectivity index (χ1) is 10.2. The van der Waals surface area contributed by atoms with Crippen molar-refractivity contribution in [2.24, 2.45) is 0 Å². The second-order valence-corrected chi connectivity index (χ2v) is 7.46. The molecule has 0 amide bonds. The molecule has 6 heteroatoms. The van der Waals surface area contributed by atoms with Crippen molar-refractivity contribution >= 4 is 8.80 Å². The Bertz CT molecular complexity index is 211. The molecule has 21 heavy (non-hydrogen) atoms. The molecular formula is C15H35NO4Si. The van der Waals surface area contributed by atoms with E-state index in [1.54, 1.807) is 0 Å². The predicted molar refractivity (Wildman–Crippen MR) is 88.7 cm³/mol. The standard InChI is InChI=1S/C15H35NO4Si/c1-6-16(7-2)12-11-13-17-14-15-21(18-8-3,19-9-4)20-10-5/h6-15H2,1-5H3. The average Bonchev–Trinajstić information content (AvgIpc) is 2.47. The van der Waals surface area contributed by atoms with Gasteiger partial charge in [-0.15, -0.1) is 0 Å². The Balaban J connectivity index is 3.96. The van der Waals surface area contributed by atoms with Crippen molar-refractivity contribution in [2.45, 2.75) is 47.1 Å². The van der Waals surface area contributed by atoms with Crippen molar-refractivity contribution in [3.05, 3.63) is 0 Å². The Hall–Kier alpha value is 0.0169. The number of hydrogen-bond donors (Lipinski definition) is 0. The summed E-state index contributed by atoms with van der Waals surface area (Å²) in [6.07, 6.45) is 1.06. The van der Waals surface area contributed by atoms with E-state index in [2.05, 4.69) is 18.7 Å². The number of nitrogens with zero attached hydrogens (tertiary/aromatic N) is 1. The molecule has 0 N–H and O–H groups in total. The third-order valence-electron chi connectivity index (χ3n) is 3.30. The topological polar surface area (TPSA) is 40.2 Å². The van der Waals surface area contributed by atoms with Gasteiger partial charge in [0.05, 0.1) is 6.61 Å². The van der Waals surface area contributed by atoms with Crippen molar-refractivity contribution in [3.63, 3.8) is 0 Å². The van der Waals surface area contributed by atoms with E-state index < -0.39 is 8.80 Å². The minimum Gasteiger partial charge on any atom is -0.381 e. The van der Waals surface area contributed by atoms with Gasteiger partial charge in [-0.2, -0.15) is 0 Å². The van der Waals surface area contributed by atoms with Gasteiger partial charge in [0.25, 0.3) is 0 Å². The fraction of sp³-hybridized carbons (Fsp3) is 1.00. The first-order valence-corrected chi connectivity index (χ1v) is 10.3. The van der Waals surface area contributed by atoms with Crippen molar-refractivity contribution in [3.8, 4) is 0 Å². The third kappa shape index (κ3) is 9.60. The van der Waals surface area contributed by atoms with E-state index in [-0.39, 0.29) is 0 Å². The largest absolute Gasteiger partial charge is 0.503 e. The van der Waals surface area contributed by atoms with Crippen LogP contribution in [0.5, 0.6) is 0 Å². The van der Waals surface area contributed by atoms with Crippen molar-refractivity contribution < 1.29 is 18.0 Å². The normalized spacial score (nSPS) is 12.3. The smallest absolute Gasteiger partial charge is 0.381 e. The maximum absolute atomic E-state index is 5.80. The van der Waals surface area contributed by atoms with E-state index >= 15 is 0 Å². The van der Waals surface area contributed by atoms with Crippen molar-refractivity contribution in [2.75, 3.05) is 52.7 Å². The molecular weight excluding hydrogens is 286 g/mol. The van der Waals surface area contributed by atoms with E-state index in [9.17, 15) is 0 Å². The lowest BCUT2D eigenvalue weighted by Crippen LogP contribution is -2.46. The summed E-state index contributed by atoms with van der Waals surface area (Å²) in [4.78, 5) is 2.41. The summed E-state index contributed by atoms with van der Waals surface area (Å²) in [6, 6.07) is 0.730. The molecule has 0 atom stereocenters. The molecule has 0 fully saturated rings. The molecule has 5 nitrogen and oxygen atoms in total. The first-order valence-electron chi connectivity index (χ1n) is 8.39. The van der Waals surface area contributed by atoms with Crippen molar-refractivity contribution in [1.29, 1.82) is 0 Å². The van der Waals surface area contributed by atoms with Crippen LogP contribution in [0.2, 0.25) is 6.04 Å². The van der Waals surface area contributed by atoms with E-state index in [1.807, 2.05) is 20.8 Å². The van der Waals surface area contributed by atoms with Gasteiger partial charge in [-0.3, -0.25) is 0 Å². The van der Waals surface area contributed by atoms with Gasteiger partial charge in [0.2, 0.25) is 0 Å². The van der Waals surface area contributed by atoms with Gasteiger partial charge in [0, 0.05) is 39.0 Å². The Morgan fingerprint density at radius 3 is 1.71 bits per heavy atom. The Morgan fingerprint density at radius 1 is 0.762 bits per heavy atom. The van der Waals surface area contributed by atoms with Crippen LogP contribution in [0.15, 0.2) is 0 Å². The molecule has 0 aromatic rings. The van der Waals surface area contributed by atoms with Crippen LogP contribution in [0.4, 0.5) is 0 Å². The van der Waals surface area contributed by atoms with Crippen LogP contribution < -0.4 is 0 Å². The zero-order chi connectivity index (χ0) is 16.0. The molecule has 0 aromatic carbocycles. The van der Waals surface area contributed by atoms with Crippen LogP contribution in [-0.2, 0) is 18.0 Å². The Kier molecular flexibility index (Phi) is 13.7. The summed E-state index contributed by atoms with van der Waals surface area (Å²) < 4.78 is 23.1. The quantitative estimate of drug-likeness (QED) is 0.343. The van der Waals surface area contributed by atoms with Gasteiger partial charge < -0.3 is 22.9 Å². The third-order valence-corrected chi connectivity index (χ3v) is 6.30. The molecule has 0 aromatic heterocycles. The van der Waals surface area contributed by atoms with Gasteiger partial charge in [0.15, 0.2) is 0 Å². The zero-order valence-electron chi connectivity index (χ0n) is 14.7. The van der Waals surface area contributed by atoms with Crippen LogP contribution >= 0.6 is 0 Å². The molecule has 0 unspecified atom stereocenters. The molecule has 0 rings (SSSR count). The molecule has 0 aliphatic heterocycles. The molecule has 0 saturated carbocycles. The minimum absolute atomic E-state index is 0.619. The fourth-order valence-corrected chi connectivity index (χ4v) is 4.63. The SMILES string of the molecule is CCO[Si](CCOCCCN(CC)CC)(OCC)OCC. The average molecular weight is 322 g/mol. The van der Waals surface area contributed by atoms with Crippen molar-refractivity contribution in [1.82, 2.24) is 4.90 Å². The number of ether oxygens (including phenoxy) is 1. The number of rotatable bonds is 15. The summed E-state index contributed by atoms with van der Waals surface area (Å²) in [7, 11) is -2.53. The molecule has 0 spiro atoms. The van der Waals surface area contributed by atoms with E-state index in [4.69, 9.17) is 18.0 Å². The molecule has 0 aliphatic carbocycles. The van der Waals surface area contributed by atoms with Gasteiger partial charge in [-0.25, -0.2) is 0 Å². The van der Waals surface area contributed by atoms with Gasteiger partial charge >= 0.3 is 8.80 Å². The van der Waals surface area contributed by atoms with E-state index in [0.29, 0.717) is 26.4 Å². The fourth-order valence-electron chi connectivity index (χ4n) is 2.23. The molecule has 0 bridgehead atoms. The lowest BCUT2D eigenvalue weighted by Gasteiger charge is -2.28. The Labute approximate surface area is 132 Å². The summed E-state index contributed by atoms with van der Waals surface area (Å²) in [5.41, 5.74) is 0. The summed E-state index contributed by atoms with van der Waals surface area (Å²) >= 11 is 0. The minimum atomic E-state index is -2.53.